The van der Waals surface area contributed by atoms with Crippen molar-refractivity contribution in [3.05, 3.63) is 59.7 Å². The van der Waals surface area contributed by atoms with Gasteiger partial charge in [-0.25, -0.2) is 9.59 Å². The lowest BCUT2D eigenvalue weighted by atomic mass is 10.2. The molecule has 2 aromatic rings. The molecule has 0 saturated carbocycles. The number of carbonyl (C=O) groups is 4. The first-order valence-electron chi connectivity index (χ1n) is 7.44. The van der Waals surface area contributed by atoms with Gasteiger partial charge in [-0.3, -0.25) is 9.59 Å². The average Bonchev–Trinajstić information content (AvgIpc) is 2.67. The average molecular weight is 356 g/mol. The molecule has 0 saturated heterocycles. The minimum absolute atomic E-state index is 0.124. The zero-order chi connectivity index (χ0) is 19.1. The molecular weight excluding hydrogens is 340 g/mol. The highest BCUT2D eigenvalue weighted by Gasteiger charge is 2.18. The summed E-state index contributed by atoms with van der Waals surface area (Å²) in [6.45, 7) is 0. The molecule has 0 aliphatic heterocycles. The van der Waals surface area contributed by atoms with E-state index in [2.05, 4.69) is 20.1 Å². The number of para-hydroxylation sites is 1. The molecule has 0 unspecified atom stereocenters. The molecule has 8 nitrogen and oxygen atoms in total. The number of hydrogen-bond donors (Lipinski definition) is 2. The molecule has 2 rings (SSSR count). The molecule has 0 atom stereocenters. The van der Waals surface area contributed by atoms with Crippen LogP contribution in [0.5, 0.6) is 0 Å². The van der Waals surface area contributed by atoms with E-state index >= 15 is 0 Å². The summed E-state index contributed by atoms with van der Waals surface area (Å²) in [5.74, 6) is -3.05. The van der Waals surface area contributed by atoms with Gasteiger partial charge in [0.2, 0.25) is 0 Å². The fourth-order valence-electron chi connectivity index (χ4n) is 2.05. The van der Waals surface area contributed by atoms with Crippen molar-refractivity contribution in [2.75, 3.05) is 24.9 Å². The van der Waals surface area contributed by atoms with Crippen molar-refractivity contribution in [3.63, 3.8) is 0 Å². The molecule has 0 aromatic heterocycles. The van der Waals surface area contributed by atoms with Crippen molar-refractivity contribution in [3.8, 4) is 0 Å². The van der Waals surface area contributed by atoms with E-state index in [1.165, 1.54) is 50.6 Å². The van der Waals surface area contributed by atoms with E-state index in [9.17, 15) is 19.2 Å². The minimum atomic E-state index is -0.960. The maximum absolute atomic E-state index is 12.1. The Kier molecular flexibility index (Phi) is 6.05. The molecule has 134 valence electrons. The Morgan fingerprint density at radius 2 is 1.31 bits per heavy atom. The zero-order valence-electron chi connectivity index (χ0n) is 14.1. The minimum Gasteiger partial charge on any atom is -0.465 e. The van der Waals surface area contributed by atoms with Gasteiger partial charge in [-0.2, -0.15) is 0 Å². The molecule has 0 bridgehead atoms. The van der Waals surface area contributed by atoms with E-state index in [0.717, 1.165) is 0 Å². The zero-order valence-corrected chi connectivity index (χ0v) is 14.1. The highest BCUT2D eigenvalue weighted by molar-refractivity contribution is 6.44. The number of esters is 2. The molecule has 8 heteroatoms. The van der Waals surface area contributed by atoms with E-state index in [1.54, 1.807) is 12.1 Å². The molecule has 2 amide bonds. The molecule has 0 heterocycles. The molecule has 0 spiro atoms. The summed E-state index contributed by atoms with van der Waals surface area (Å²) < 4.78 is 9.20. The smallest absolute Gasteiger partial charge is 0.339 e. The van der Waals surface area contributed by atoms with Gasteiger partial charge in [0, 0.05) is 5.69 Å². The van der Waals surface area contributed by atoms with E-state index < -0.39 is 23.8 Å². The quantitative estimate of drug-likeness (QED) is 0.639. The first-order valence-corrected chi connectivity index (χ1v) is 7.44. The highest BCUT2D eigenvalue weighted by atomic mass is 16.5. The van der Waals surface area contributed by atoms with Crippen LogP contribution in [0.25, 0.3) is 0 Å². The second-order valence-electron chi connectivity index (χ2n) is 5.01. The Labute approximate surface area is 149 Å². The maximum Gasteiger partial charge on any atom is 0.339 e. The van der Waals surface area contributed by atoms with Crippen molar-refractivity contribution in [2.24, 2.45) is 0 Å². The fraction of sp³-hybridized carbons (Fsp3) is 0.111. The second-order valence-corrected chi connectivity index (χ2v) is 5.01. The van der Waals surface area contributed by atoms with Gasteiger partial charge in [-0.15, -0.1) is 0 Å². The summed E-state index contributed by atoms with van der Waals surface area (Å²) >= 11 is 0. The number of nitrogens with one attached hydrogen (secondary N) is 2. The van der Waals surface area contributed by atoms with E-state index in [1.807, 2.05) is 0 Å². The Morgan fingerprint density at radius 1 is 0.731 bits per heavy atom. The Bertz CT molecular complexity index is 845. The van der Waals surface area contributed by atoms with Crippen molar-refractivity contribution in [1.82, 2.24) is 0 Å². The van der Waals surface area contributed by atoms with Crippen LogP contribution in [0.3, 0.4) is 0 Å². The molecule has 0 aliphatic rings. The van der Waals surface area contributed by atoms with Crippen molar-refractivity contribution < 1.29 is 28.7 Å². The lowest BCUT2D eigenvalue weighted by Crippen LogP contribution is -2.29. The van der Waals surface area contributed by atoms with Gasteiger partial charge < -0.3 is 20.1 Å². The third kappa shape index (κ3) is 4.44. The van der Waals surface area contributed by atoms with Crippen LogP contribution in [0.15, 0.2) is 48.5 Å². The van der Waals surface area contributed by atoms with Gasteiger partial charge in [0.15, 0.2) is 0 Å². The number of amides is 2. The number of ether oxygens (including phenoxy) is 2. The van der Waals surface area contributed by atoms with Crippen LogP contribution < -0.4 is 10.6 Å². The fourth-order valence-corrected chi connectivity index (χ4v) is 2.05. The number of benzene rings is 2. The summed E-state index contributed by atoms with van der Waals surface area (Å²) in [6.07, 6.45) is 0. The standard InChI is InChI=1S/C18H16N2O6/c1-25-17(23)11-7-9-12(10-8-11)19-15(21)16(22)20-14-6-4-3-5-13(14)18(24)26-2/h3-10H,1-2H3,(H,19,21)(H,20,22). The number of methoxy groups -OCH3 is 2. The van der Waals surface area contributed by atoms with Crippen LogP contribution in [0.4, 0.5) is 11.4 Å². The molecule has 0 fully saturated rings. The summed E-state index contributed by atoms with van der Waals surface area (Å²) in [7, 11) is 2.47. The summed E-state index contributed by atoms with van der Waals surface area (Å²) in [5.41, 5.74) is 0.903. The van der Waals surface area contributed by atoms with Crippen molar-refractivity contribution in [2.45, 2.75) is 0 Å². The third-order valence-corrected chi connectivity index (χ3v) is 3.35. The van der Waals surface area contributed by atoms with Crippen LogP contribution in [-0.2, 0) is 19.1 Å². The number of anilines is 2. The van der Waals surface area contributed by atoms with Gasteiger partial charge in [-0.05, 0) is 36.4 Å². The number of carbonyl (C=O) groups excluding carboxylic acids is 4. The van der Waals surface area contributed by atoms with E-state index in [4.69, 9.17) is 0 Å². The normalized spacial score (nSPS) is 9.77. The van der Waals surface area contributed by atoms with Crippen molar-refractivity contribution >= 4 is 35.1 Å². The Balaban J connectivity index is 2.06. The second kappa shape index (κ2) is 8.43. The first-order chi connectivity index (χ1) is 12.5. The summed E-state index contributed by atoms with van der Waals surface area (Å²) in [4.78, 5) is 47.1. The van der Waals surface area contributed by atoms with E-state index in [0.29, 0.717) is 11.3 Å². The third-order valence-electron chi connectivity index (χ3n) is 3.35. The van der Waals surface area contributed by atoms with Crippen LogP contribution in [0.2, 0.25) is 0 Å². The Morgan fingerprint density at radius 3 is 1.92 bits per heavy atom. The van der Waals surface area contributed by atoms with Crippen LogP contribution in [0.1, 0.15) is 20.7 Å². The largest absolute Gasteiger partial charge is 0.465 e. The topological polar surface area (TPSA) is 111 Å². The molecule has 26 heavy (non-hydrogen) atoms. The predicted molar refractivity (Wildman–Crippen MR) is 92.8 cm³/mol. The van der Waals surface area contributed by atoms with Crippen LogP contribution >= 0.6 is 0 Å². The van der Waals surface area contributed by atoms with Crippen LogP contribution in [0, 0.1) is 0 Å². The maximum atomic E-state index is 12.1. The lowest BCUT2D eigenvalue weighted by molar-refractivity contribution is -0.133. The summed E-state index contributed by atoms with van der Waals surface area (Å²) in [6, 6.07) is 12.0. The van der Waals surface area contributed by atoms with Gasteiger partial charge in [0.1, 0.15) is 0 Å². The first kappa shape index (κ1) is 18.7. The predicted octanol–water partition coefficient (Wildman–Crippen LogP) is 1.84. The lowest BCUT2D eigenvalue weighted by Gasteiger charge is -2.10. The van der Waals surface area contributed by atoms with Gasteiger partial charge in [0.05, 0.1) is 31.0 Å². The molecular formula is C18H16N2O6. The SMILES string of the molecule is COC(=O)c1ccc(NC(=O)C(=O)Nc2ccccc2C(=O)OC)cc1. The molecule has 2 N–H and O–H groups in total. The number of rotatable bonds is 4. The number of hydrogen-bond acceptors (Lipinski definition) is 6. The molecule has 2 aromatic carbocycles. The van der Waals surface area contributed by atoms with Gasteiger partial charge in [-0.1, -0.05) is 12.1 Å². The molecule has 0 radical (unpaired) electrons. The highest BCUT2D eigenvalue weighted by Crippen LogP contribution is 2.16. The Hall–Kier alpha value is -3.68. The monoisotopic (exact) mass is 356 g/mol. The van der Waals surface area contributed by atoms with Crippen molar-refractivity contribution in [1.29, 1.82) is 0 Å². The van der Waals surface area contributed by atoms with E-state index in [-0.39, 0.29) is 11.3 Å². The van der Waals surface area contributed by atoms with Gasteiger partial charge >= 0.3 is 23.8 Å². The molecule has 0 aliphatic carbocycles. The van der Waals surface area contributed by atoms with Crippen LogP contribution in [-0.4, -0.2) is 38.0 Å². The van der Waals surface area contributed by atoms with Gasteiger partial charge in [0.25, 0.3) is 0 Å². The summed E-state index contributed by atoms with van der Waals surface area (Å²) in [5, 5.41) is 4.75.